The molecule has 0 saturated heterocycles. The van der Waals surface area contributed by atoms with Crippen molar-refractivity contribution in [2.45, 2.75) is 51.7 Å². The topological polar surface area (TPSA) is 57.0 Å². The van der Waals surface area contributed by atoms with Crippen LogP contribution in [0.5, 0.6) is 0 Å². The first kappa shape index (κ1) is 14.8. The Morgan fingerprint density at radius 1 is 1.36 bits per heavy atom. The number of carbonyl (C=O) groups excluding carboxylic acids is 1. The fourth-order valence-electron chi connectivity index (χ4n) is 2.23. The largest absolute Gasteiger partial charge is 0.456 e. The predicted octanol–water partition coefficient (Wildman–Crippen LogP) is 3.16. The zero-order valence-electron chi connectivity index (χ0n) is 13.2. The molecule has 1 aliphatic carbocycles. The lowest BCUT2D eigenvalue weighted by Crippen LogP contribution is -2.24. The van der Waals surface area contributed by atoms with Gasteiger partial charge in [-0.2, -0.15) is 5.10 Å². The molecule has 2 aromatic rings. The molecule has 5 nitrogen and oxygen atoms in total. The summed E-state index contributed by atoms with van der Waals surface area (Å²) in [5.41, 5.74) is 1.09. The van der Waals surface area contributed by atoms with Gasteiger partial charge in [-0.3, -0.25) is 0 Å². The summed E-state index contributed by atoms with van der Waals surface area (Å²) in [5.74, 6) is 1.18. The molecule has 116 valence electrons. The van der Waals surface area contributed by atoms with Gasteiger partial charge in [0.05, 0.1) is 12.1 Å². The summed E-state index contributed by atoms with van der Waals surface area (Å²) in [6.45, 7) is 6.20. The Kier molecular flexibility index (Phi) is 3.72. The highest BCUT2D eigenvalue weighted by Crippen LogP contribution is 2.37. The lowest BCUT2D eigenvalue weighted by molar-refractivity contribution is 0.00694. The number of benzene rings is 1. The minimum Gasteiger partial charge on any atom is -0.456 e. The third kappa shape index (κ3) is 3.72. The van der Waals surface area contributed by atoms with E-state index in [0.29, 0.717) is 18.0 Å². The van der Waals surface area contributed by atoms with E-state index in [-0.39, 0.29) is 5.97 Å². The van der Waals surface area contributed by atoms with Gasteiger partial charge < -0.3 is 4.74 Å². The summed E-state index contributed by atoms with van der Waals surface area (Å²) in [7, 11) is 0. The summed E-state index contributed by atoms with van der Waals surface area (Å²) < 4.78 is 7.22. The Morgan fingerprint density at radius 3 is 2.82 bits per heavy atom. The van der Waals surface area contributed by atoms with Gasteiger partial charge in [0.1, 0.15) is 11.9 Å². The van der Waals surface area contributed by atoms with Gasteiger partial charge in [0.15, 0.2) is 5.82 Å². The van der Waals surface area contributed by atoms with E-state index < -0.39 is 5.60 Å². The van der Waals surface area contributed by atoms with Crippen molar-refractivity contribution in [1.29, 1.82) is 0 Å². The Hall–Kier alpha value is -2.17. The van der Waals surface area contributed by atoms with Crippen LogP contribution in [-0.4, -0.2) is 26.3 Å². The maximum Gasteiger partial charge on any atom is 0.338 e. The maximum atomic E-state index is 12.1. The molecule has 1 aromatic heterocycles. The SMILES string of the molecule is CC(C)(C)OC(=O)c1cccc(Cn2cnc(C3CC3)n2)c1. The maximum absolute atomic E-state index is 12.1. The Morgan fingerprint density at radius 2 is 2.14 bits per heavy atom. The first-order valence-electron chi connectivity index (χ1n) is 7.62. The second-order valence-corrected chi connectivity index (χ2v) is 6.78. The summed E-state index contributed by atoms with van der Waals surface area (Å²) in [6.07, 6.45) is 4.14. The average Bonchev–Trinajstić information content (AvgIpc) is 3.18. The van der Waals surface area contributed by atoms with Crippen molar-refractivity contribution in [1.82, 2.24) is 14.8 Å². The van der Waals surface area contributed by atoms with E-state index in [4.69, 9.17) is 4.74 Å². The highest BCUT2D eigenvalue weighted by Gasteiger charge is 2.27. The standard InChI is InChI=1S/C17H21N3O2/c1-17(2,3)22-16(21)14-6-4-5-12(9-14)10-20-11-18-15(19-20)13-7-8-13/h4-6,9,11,13H,7-8,10H2,1-3H3. The molecule has 1 aromatic carbocycles. The van der Waals surface area contributed by atoms with E-state index in [1.807, 2.05) is 43.7 Å². The van der Waals surface area contributed by atoms with Crippen LogP contribution in [-0.2, 0) is 11.3 Å². The number of hydrogen-bond donors (Lipinski definition) is 0. The average molecular weight is 299 g/mol. The first-order valence-corrected chi connectivity index (χ1v) is 7.62. The minimum absolute atomic E-state index is 0.299. The molecule has 0 radical (unpaired) electrons. The smallest absolute Gasteiger partial charge is 0.338 e. The molecule has 1 saturated carbocycles. The van der Waals surface area contributed by atoms with Gasteiger partial charge >= 0.3 is 5.97 Å². The fraction of sp³-hybridized carbons (Fsp3) is 0.471. The van der Waals surface area contributed by atoms with E-state index >= 15 is 0 Å². The monoisotopic (exact) mass is 299 g/mol. The van der Waals surface area contributed by atoms with Crippen molar-refractivity contribution in [3.8, 4) is 0 Å². The highest BCUT2D eigenvalue weighted by atomic mass is 16.6. The number of nitrogens with zero attached hydrogens (tertiary/aromatic N) is 3. The van der Waals surface area contributed by atoms with E-state index in [9.17, 15) is 4.79 Å². The molecule has 0 aliphatic heterocycles. The molecule has 0 amide bonds. The molecule has 1 heterocycles. The molecule has 0 bridgehead atoms. The fourth-order valence-corrected chi connectivity index (χ4v) is 2.23. The van der Waals surface area contributed by atoms with E-state index in [1.165, 1.54) is 12.8 Å². The second kappa shape index (κ2) is 5.55. The molecular formula is C17H21N3O2. The molecule has 0 spiro atoms. The number of esters is 1. The zero-order valence-corrected chi connectivity index (χ0v) is 13.2. The van der Waals surface area contributed by atoms with Crippen molar-refractivity contribution < 1.29 is 9.53 Å². The van der Waals surface area contributed by atoms with Crippen LogP contribution < -0.4 is 0 Å². The molecule has 1 aliphatic rings. The lowest BCUT2D eigenvalue weighted by Gasteiger charge is -2.19. The van der Waals surface area contributed by atoms with Gasteiger partial charge in [-0.1, -0.05) is 12.1 Å². The van der Waals surface area contributed by atoms with Crippen LogP contribution in [0.4, 0.5) is 0 Å². The zero-order chi connectivity index (χ0) is 15.7. The van der Waals surface area contributed by atoms with Crippen LogP contribution in [0.25, 0.3) is 0 Å². The molecule has 0 unspecified atom stereocenters. The number of carbonyl (C=O) groups is 1. The summed E-state index contributed by atoms with van der Waals surface area (Å²) in [4.78, 5) is 16.5. The quantitative estimate of drug-likeness (QED) is 0.814. The van der Waals surface area contributed by atoms with E-state index in [2.05, 4.69) is 10.1 Å². The third-order valence-electron chi connectivity index (χ3n) is 3.40. The normalized spacial score (nSPS) is 14.9. The van der Waals surface area contributed by atoms with Crippen LogP contribution in [0, 0.1) is 0 Å². The first-order chi connectivity index (χ1) is 10.4. The number of rotatable bonds is 4. The van der Waals surface area contributed by atoms with E-state index in [1.54, 1.807) is 12.4 Å². The van der Waals surface area contributed by atoms with Crippen LogP contribution in [0.15, 0.2) is 30.6 Å². The van der Waals surface area contributed by atoms with Crippen LogP contribution in [0.3, 0.4) is 0 Å². The van der Waals surface area contributed by atoms with Crippen molar-refractivity contribution in [3.63, 3.8) is 0 Å². The molecule has 0 atom stereocenters. The molecular weight excluding hydrogens is 278 g/mol. The number of hydrogen-bond acceptors (Lipinski definition) is 4. The van der Waals surface area contributed by atoms with E-state index in [0.717, 1.165) is 11.4 Å². The van der Waals surface area contributed by atoms with Crippen LogP contribution in [0.1, 0.15) is 61.3 Å². The summed E-state index contributed by atoms with van der Waals surface area (Å²) >= 11 is 0. The molecule has 3 rings (SSSR count). The Labute approximate surface area is 130 Å². The van der Waals surface area contributed by atoms with Gasteiger partial charge in [-0.25, -0.2) is 14.5 Å². The molecule has 22 heavy (non-hydrogen) atoms. The summed E-state index contributed by atoms with van der Waals surface area (Å²) in [5, 5.41) is 4.49. The van der Waals surface area contributed by atoms with Crippen LogP contribution in [0.2, 0.25) is 0 Å². The predicted molar refractivity (Wildman–Crippen MR) is 82.7 cm³/mol. The molecule has 5 heteroatoms. The number of ether oxygens (including phenoxy) is 1. The molecule has 1 fully saturated rings. The van der Waals surface area contributed by atoms with Gasteiger partial charge in [-0.15, -0.1) is 0 Å². The van der Waals surface area contributed by atoms with Crippen molar-refractivity contribution in [2.75, 3.05) is 0 Å². The Bertz CT molecular complexity index is 681. The van der Waals surface area contributed by atoms with Gasteiger partial charge in [0, 0.05) is 5.92 Å². The Balaban J connectivity index is 1.71. The van der Waals surface area contributed by atoms with Gasteiger partial charge in [0.25, 0.3) is 0 Å². The summed E-state index contributed by atoms with van der Waals surface area (Å²) in [6, 6.07) is 7.47. The highest BCUT2D eigenvalue weighted by molar-refractivity contribution is 5.89. The van der Waals surface area contributed by atoms with Gasteiger partial charge in [0.2, 0.25) is 0 Å². The van der Waals surface area contributed by atoms with Crippen molar-refractivity contribution in [2.24, 2.45) is 0 Å². The second-order valence-electron chi connectivity index (χ2n) is 6.78. The van der Waals surface area contributed by atoms with Crippen molar-refractivity contribution >= 4 is 5.97 Å². The molecule has 0 N–H and O–H groups in total. The van der Waals surface area contributed by atoms with Crippen LogP contribution >= 0.6 is 0 Å². The third-order valence-corrected chi connectivity index (χ3v) is 3.40. The number of aromatic nitrogens is 3. The lowest BCUT2D eigenvalue weighted by atomic mass is 10.1. The minimum atomic E-state index is -0.488. The van der Waals surface area contributed by atoms with Crippen molar-refractivity contribution in [3.05, 3.63) is 47.5 Å². The van der Waals surface area contributed by atoms with Gasteiger partial charge in [-0.05, 0) is 51.3 Å².